The fourth-order valence-corrected chi connectivity index (χ4v) is 2.38. The Labute approximate surface area is 124 Å². The van der Waals surface area contributed by atoms with Gasteiger partial charge in [0.2, 0.25) is 0 Å². The minimum absolute atomic E-state index is 0.0985. The van der Waals surface area contributed by atoms with Crippen molar-refractivity contribution >= 4 is 22.2 Å². The Morgan fingerprint density at radius 2 is 1.62 bits per heavy atom. The van der Waals surface area contributed by atoms with Crippen LogP contribution >= 0.6 is 0 Å². The Balaban J connectivity index is 1.77. The molecule has 0 aliphatic carbocycles. The van der Waals surface area contributed by atoms with Crippen LogP contribution in [0, 0.1) is 6.92 Å². The number of hydrogen-bond donors (Lipinski definition) is 1. The smallest absolute Gasteiger partial charge is 0.181 e. The molecule has 0 aliphatic rings. The third kappa shape index (κ3) is 3.11. The number of fused-ring (bicyclic) bond motifs is 1. The highest BCUT2D eigenvalue weighted by Crippen LogP contribution is 2.18. The molecule has 0 saturated carbocycles. The van der Waals surface area contributed by atoms with Crippen molar-refractivity contribution in [2.75, 3.05) is 11.9 Å². The average Bonchev–Trinajstić information content (AvgIpc) is 2.53. The summed E-state index contributed by atoms with van der Waals surface area (Å²) in [5.74, 6) is 0.0985. The number of para-hydroxylation sites is 1. The number of hydrogen-bond acceptors (Lipinski definition) is 2. The molecular formula is C19H17NO. The van der Waals surface area contributed by atoms with Crippen LogP contribution in [0.3, 0.4) is 0 Å². The molecule has 0 atom stereocenters. The van der Waals surface area contributed by atoms with Crippen LogP contribution < -0.4 is 5.32 Å². The van der Waals surface area contributed by atoms with E-state index in [2.05, 4.69) is 30.4 Å². The molecule has 0 heterocycles. The number of anilines is 1. The lowest BCUT2D eigenvalue weighted by Gasteiger charge is -2.07. The molecule has 0 spiro atoms. The third-order valence-electron chi connectivity index (χ3n) is 3.54. The summed E-state index contributed by atoms with van der Waals surface area (Å²) < 4.78 is 0. The van der Waals surface area contributed by atoms with Crippen LogP contribution in [-0.2, 0) is 0 Å². The van der Waals surface area contributed by atoms with E-state index in [1.807, 2.05) is 48.5 Å². The first-order chi connectivity index (χ1) is 10.2. The van der Waals surface area contributed by atoms with E-state index in [-0.39, 0.29) is 5.78 Å². The van der Waals surface area contributed by atoms with E-state index < -0.39 is 0 Å². The van der Waals surface area contributed by atoms with Gasteiger partial charge in [0.15, 0.2) is 5.78 Å². The van der Waals surface area contributed by atoms with Gasteiger partial charge in [-0.2, -0.15) is 0 Å². The van der Waals surface area contributed by atoms with Gasteiger partial charge in [0.25, 0.3) is 0 Å². The summed E-state index contributed by atoms with van der Waals surface area (Å²) in [7, 11) is 0. The van der Waals surface area contributed by atoms with Crippen molar-refractivity contribution in [3.63, 3.8) is 0 Å². The fourth-order valence-electron chi connectivity index (χ4n) is 2.38. The lowest BCUT2D eigenvalue weighted by molar-refractivity contribution is 0.101. The zero-order chi connectivity index (χ0) is 14.7. The molecule has 0 radical (unpaired) electrons. The molecule has 0 unspecified atom stereocenters. The van der Waals surface area contributed by atoms with E-state index in [9.17, 15) is 4.79 Å². The summed E-state index contributed by atoms with van der Waals surface area (Å²) in [5.41, 5.74) is 2.93. The standard InChI is InChI=1S/C19H17NO/c1-14-7-8-16-12-17(10-9-15(16)11-14)19(21)13-20-18-5-3-2-4-6-18/h2-12,20H,13H2,1H3. The molecule has 3 rings (SSSR count). The number of benzene rings is 3. The first kappa shape index (κ1) is 13.4. The Morgan fingerprint density at radius 1 is 0.905 bits per heavy atom. The van der Waals surface area contributed by atoms with Crippen LogP contribution in [0.15, 0.2) is 66.7 Å². The van der Waals surface area contributed by atoms with Crippen LogP contribution in [0.1, 0.15) is 15.9 Å². The highest BCUT2D eigenvalue weighted by atomic mass is 16.1. The Bertz CT molecular complexity index is 778. The average molecular weight is 275 g/mol. The SMILES string of the molecule is Cc1ccc2cc(C(=O)CNc3ccccc3)ccc2c1. The molecule has 2 heteroatoms. The molecule has 0 fully saturated rings. The highest BCUT2D eigenvalue weighted by Gasteiger charge is 2.06. The quantitative estimate of drug-likeness (QED) is 0.713. The molecule has 104 valence electrons. The van der Waals surface area contributed by atoms with Crippen molar-refractivity contribution < 1.29 is 4.79 Å². The number of aryl methyl sites for hydroxylation is 1. The van der Waals surface area contributed by atoms with Gasteiger partial charge in [0, 0.05) is 11.3 Å². The predicted molar refractivity (Wildman–Crippen MR) is 87.9 cm³/mol. The monoisotopic (exact) mass is 275 g/mol. The van der Waals surface area contributed by atoms with Crippen LogP contribution in [0.4, 0.5) is 5.69 Å². The van der Waals surface area contributed by atoms with Gasteiger partial charge in [0.1, 0.15) is 0 Å². The van der Waals surface area contributed by atoms with Gasteiger partial charge < -0.3 is 5.32 Å². The Morgan fingerprint density at radius 3 is 2.43 bits per heavy atom. The van der Waals surface area contributed by atoms with Gasteiger partial charge >= 0.3 is 0 Å². The maximum atomic E-state index is 12.3. The molecular weight excluding hydrogens is 258 g/mol. The zero-order valence-corrected chi connectivity index (χ0v) is 12.0. The van der Waals surface area contributed by atoms with Gasteiger partial charge in [-0.05, 0) is 35.9 Å². The van der Waals surface area contributed by atoms with E-state index in [0.29, 0.717) is 6.54 Å². The van der Waals surface area contributed by atoms with E-state index >= 15 is 0 Å². The maximum absolute atomic E-state index is 12.3. The molecule has 0 aliphatic heterocycles. The van der Waals surface area contributed by atoms with E-state index in [1.54, 1.807) is 0 Å². The highest BCUT2D eigenvalue weighted by molar-refractivity contribution is 6.02. The van der Waals surface area contributed by atoms with Crippen molar-refractivity contribution in [3.05, 3.63) is 77.9 Å². The fraction of sp³-hybridized carbons (Fsp3) is 0.105. The lowest BCUT2D eigenvalue weighted by atomic mass is 10.0. The van der Waals surface area contributed by atoms with Crippen molar-refractivity contribution in [1.82, 2.24) is 0 Å². The zero-order valence-electron chi connectivity index (χ0n) is 12.0. The number of Topliss-reactive ketones (excluding diaryl/α,β-unsaturated/α-hetero) is 1. The maximum Gasteiger partial charge on any atom is 0.181 e. The molecule has 3 aromatic carbocycles. The first-order valence-corrected chi connectivity index (χ1v) is 7.05. The van der Waals surface area contributed by atoms with E-state index in [4.69, 9.17) is 0 Å². The van der Waals surface area contributed by atoms with Gasteiger partial charge in [-0.1, -0.05) is 54.1 Å². The second-order valence-corrected chi connectivity index (χ2v) is 5.21. The van der Waals surface area contributed by atoms with Crippen LogP contribution in [0.25, 0.3) is 10.8 Å². The molecule has 2 nitrogen and oxygen atoms in total. The molecule has 0 saturated heterocycles. The topological polar surface area (TPSA) is 29.1 Å². The minimum atomic E-state index is 0.0985. The summed E-state index contributed by atoms with van der Waals surface area (Å²) in [6.07, 6.45) is 0. The molecule has 21 heavy (non-hydrogen) atoms. The normalized spacial score (nSPS) is 10.5. The van der Waals surface area contributed by atoms with Crippen molar-refractivity contribution in [2.24, 2.45) is 0 Å². The summed E-state index contributed by atoms with van der Waals surface area (Å²) in [6.45, 7) is 2.38. The molecule has 0 amide bonds. The van der Waals surface area contributed by atoms with Gasteiger partial charge in [-0.3, -0.25) is 4.79 Å². The second-order valence-electron chi connectivity index (χ2n) is 5.21. The van der Waals surface area contributed by atoms with E-state index in [0.717, 1.165) is 16.6 Å². The lowest BCUT2D eigenvalue weighted by Crippen LogP contribution is -2.13. The number of rotatable bonds is 4. The predicted octanol–water partition coefficient (Wildman–Crippen LogP) is 4.44. The van der Waals surface area contributed by atoms with E-state index in [1.165, 1.54) is 10.9 Å². The Kier molecular flexibility index (Phi) is 3.69. The largest absolute Gasteiger partial charge is 0.378 e. The van der Waals surface area contributed by atoms with Crippen LogP contribution in [0.5, 0.6) is 0 Å². The van der Waals surface area contributed by atoms with Crippen molar-refractivity contribution in [1.29, 1.82) is 0 Å². The molecule has 0 bridgehead atoms. The summed E-state index contributed by atoms with van der Waals surface area (Å²) in [4.78, 5) is 12.3. The van der Waals surface area contributed by atoms with Gasteiger partial charge in [-0.25, -0.2) is 0 Å². The van der Waals surface area contributed by atoms with Crippen molar-refractivity contribution in [3.8, 4) is 0 Å². The third-order valence-corrected chi connectivity index (χ3v) is 3.54. The number of carbonyl (C=O) groups excluding carboxylic acids is 1. The Hall–Kier alpha value is -2.61. The summed E-state index contributed by atoms with van der Waals surface area (Å²) >= 11 is 0. The molecule has 1 N–H and O–H groups in total. The van der Waals surface area contributed by atoms with Gasteiger partial charge in [-0.15, -0.1) is 0 Å². The summed E-state index contributed by atoms with van der Waals surface area (Å²) in [5, 5.41) is 5.42. The first-order valence-electron chi connectivity index (χ1n) is 7.05. The number of ketones is 1. The summed E-state index contributed by atoms with van der Waals surface area (Å²) in [6, 6.07) is 21.9. The van der Waals surface area contributed by atoms with Crippen LogP contribution in [0.2, 0.25) is 0 Å². The molecule has 3 aromatic rings. The van der Waals surface area contributed by atoms with Crippen molar-refractivity contribution in [2.45, 2.75) is 6.92 Å². The number of nitrogens with one attached hydrogen (secondary N) is 1. The second kappa shape index (κ2) is 5.80. The minimum Gasteiger partial charge on any atom is -0.378 e. The number of carbonyl (C=O) groups is 1. The van der Waals surface area contributed by atoms with Gasteiger partial charge in [0.05, 0.1) is 6.54 Å². The van der Waals surface area contributed by atoms with Crippen LogP contribution in [-0.4, -0.2) is 12.3 Å². The molecule has 0 aromatic heterocycles.